The van der Waals surface area contributed by atoms with Gasteiger partial charge in [-0.1, -0.05) is 62.4 Å². The van der Waals surface area contributed by atoms with Crippen molar-refractivity contribution >= 4 is 17.9 Å². The van der Waals surface area contributed by atoms with Crippen LogP contribution in [0.1, 0.15) is 74.2 Å². The van der Waals surface area contributed by atoms with Crippen molar-refractivity contribution in [3.63, 3.8) is 0 Å². The number of rotatable bonds is 6. The van der Waals surface area contributed by atoms with E-state index in [-0.39, 0.29) is 17.9 Å². The van der Waals surface area contributed by atoms with Crippen LogP contribution in [0, 0.1) is 0 Å². The van der Waals surface area contributed by atoms with Gasteiger partial charge in [-0.2, -0.15) is 0 Å². The molecule has 4 rings (SSSR count). The molecule has 2 aliphatic rings. The molecule has 1 saturated carbocycles. The Hall–Kier alpha value is -2.88. The molecule has 0 N–H and O–H groups in total. The Morgan fingerprint density at radius 1 is 1.07 bits per heavy atom. The first kappa shape index (κ1) is 20.4. The molecule has 0 aromatic heterocycles. The Kier molecular flexibility index (Phi) is 5.76. The van der Waals surface area contributed by atoms with Crippen molar-refractivity contribution in [3.8, 4) is 0 Å². The standard InChI is InChI=1S/C26H30N2O2/c1-18(2)21-10-8-20(9-11-21)17-28(23-12-13-23)26(30)16-25-24-7-5-4-6-22(24)14-15-27(25)19(3)29/h4-11,14-15,18,23,25H,12-13,16-17H2,1-3H3/t25-/m0/s1. The summed E-state index contributed by atoms with van der Waals surface area (Å²) < 4.78 is 0. The minimum atomic E-state index is -0.249. The van der Waals surface area contributed by atoms with Gasteiger partial charge in [0.2, 0.25) is 11.8 Å². The summed E-state index contributed by atoms with van der Waals surface area (Å²) in [5.74, 6) is 0.574. The molecule has 0 unspecified atom stereocenters. The maximum Gasteiger partial charge on any atom is 0.225 e. The third-order valence-corrected chi connectivity index (χ3v) is 6.14. The summed E-state index contributed by atoms with van der Waals surface area (Å²) in [5, 5.41) is 0. The van der Waals surface area contributed by atoms with E-state index in [0.29, 0.717) is 24.9 Å². The molecule has 2 aromatic carbocycles. The van der Waals surface area contributed by atoms with E-state index in [0.717, 1.165) is 29.5 Å². The summed E-state index contributed by atoms with van der Waals surface area (Å²) in [6.45, 7) is 6.56. The fourth-order valence-corrected chi connectivity index (χ4v) is 4.21. The van der Waals surface area contributed by atoms with Crippen molar-refractivity contribution in [3.05, 3.63) is 77.0 Å². The van der Waals surface area contributed by atoms with Gasteiger partial charge in [0.15, 0.2) is 0 Å². The molecule has 1 aliphatic heterocycles. The summed E-state index contributed by atoms with van der Waals surface area (Å²) in [6, 6.07) is 16.7. The molecule has 2 aromatic rings. The van der Waals surface area contributed by atoms with E-state index in [4.69, 9.17) is 0 Å². The lowest BCUT2D eigenvalue weighted by Gasteiger charge is -2.34. The molecule has 0 spiro atoms. The molecule has 2 amide bonds. The smallest absolute Gasteiger partial charge is 0.225 e. The van der Waals surface area contributed by atoms with E-state index in [1.165, 1.54) is 5.56 Å². The Balaban J connectivity index is 1.54. The monoisotopic (exact) mass is 402 g/mol. The second-order valence-electron chi connectivity index (χ2n) is 8.74. The van der Waals surface area contributed by atoms with Crippen molar-refractivity contribution in [1.29, 1.82) is 0 Å². The van der Waals surface area contributed by atoms with Crippen LogP contribution in [0.4, 0.5) is 0 Å². The van der Waals surface area contributed by atoms with E-state index in [1.807, 2.05) is 41.4 Å². The molecule has 0 radical (unpaired) electrons. The van der Waals surface area contributed by atoms with Crippen LogP contribution < -0.4 is 0 Å². The van der Waals surface area contributed by atoms with Crippen molar-refractivity contribution in [2.75, 3.05) is 0 Å². The third kappa shape index (κ3) is 4.33. The van der Waals surface area contributed by atoms with Crippen molar-refractivity contribution in [1.82, 2.24) is 9.80 Å². The largest absolute Gasteiger partial charge is 0.335 e. The lowest BCUT2D eigenvalue weighted by molar-refractivity contribution is -0.135. The molecular weight excluding hydrogens is 372 g/mol. The topological polar surface area (TPSA) is 40.6 Å². The van der Waals surface area contributed by atoms with Crippen molar-refractivity contribution in [2.24, 2.45) is 0 Å². The SMILES string of the molecule is CC(=O)N1C=Cc2ccccc2[C@@H]1CC(=O)N(Cc1ccc(C(C)C)cc1)C1CC1. The second-order valence-corrected chi connectivity index (χ2v) is 8.74. The molecule has 1 aliphatic carbocycles. The first-order valence-electron chi connectivity index (χ1n) is 10.9. The maximum absolute atomic E-state index is 13.4. The molecule has 1 heterocycles. The highest BCUT2D eigenvalue weighted by Gasteiger charge is 2.36. The van der Waals surface area contributed by atoms with E-state index >= 15 is 0 Å². The Morgan fingerprint density at radius 3 is 2.40 bits per heavy atom. The molecule has 1 atom stereocenters. The van der Waals surface area contributed by atoms with Crippen LogP contribution >= 0.6 is 0 Å². The van der Waals surface area contributed by atoms with Gasteiger partial charge in [-0.25, -0.2) is 0 Å². The number of amides is 2. The van der Waals surface area contributed by atoms with Crippen LogP contribution in [0.5, 0.6) is 0 Å². The first-order chi connectivity index (χ1) is 14.4. The Morgan fingerprint density at radius 2 is 1.77 bits per heavy atom. The quantitative estimate of drug-likeness (QED) is 0.661. The van der Waals surface area contributed by atoms with Gasteiger partial charge >= 0.3 is 0 Å². The summed E-state index contributed by atoms with van der Waals surface area (Å²) >= 11 is 0. The predicted octanol–water partition coefficient (Wildman–Crippen LogP) is 5.27. The zero-order valence-electron chi connectivity index (χ0n) is 18.0. The zero-order valence-corrected chi connectivity index (χ0v) is 18.0. The molecule has 0 bridgehead atoms. The lowest BCUT2D eigenvalue weighted by atomic mass is 9.93. The molecule has 4 heteroatoms. The van der Waals surface area contributed by atoms with E-state index in [1.54, 1.807) is 11.8 Å². The van der Waals surface area contributed by atoms with Crippen LogP contribution in [0.15, 0.2) is 54.7 Å². The normalized spacial score (nSPS) is 17.7. The molecule has 1 fully saturated rings. The number of carbonyl (C=O) groups excluding carboxylic acids is 2. The Labute approximate surface area is 179 Å². The average molecular weight is 403 g/mol. The van der Waals surface area contributed by atoms with Crippen molar-refractivity contribution < 1.29 is 9.59 Å². The van der Waals surface area contributed by atoms with Gasteiger partial charge in [-0.3, -0.25) is 9.59 Å². The Bertz CT molecular complexity index is 957. The average Bonchev–Trinajstić information content (AvgIpc) is 3.57. The summed E-state index contributed by atoms with van der Waals surface area (Å²) in [7, 11) is 0. The highest BCUT2D eigenvalue weighted by atomic mass is 16.2. The summed E-state index contributed by atoms with van der Waals surface area (Å²) in [6.07, 6.45) is 6.20. The molecule has 0 saturated heterocycles. The minimum absolute atomic E-state index is 0.0409. The van der Waals surface area contributed by atoms with E-state index < -0.39 is 0 Å². The van der Waals surface area contributed by atoms with Crippen LogP contribution in [0.3, 0.4) is 0 Å². The van der Waals surface area contributed by atoms with Gasteiger partial charge < -0.3 is 9.80 Å². The van der Waals surface area contributed by atoms with Crippen LogP contribution in [0.25, 0.3) is 6.08 Å². The van der Waals surface area contributed by atoms with E-state index in [9.17, 15) is 9.59 Å². The number of nitrogens with zero attached hydrogens (tertiary/aromatic N) is 2. The van der Waals surface area contributed by atoms with Crippen LogP contribution in [-0.2, 0) is 16.1 Å². The summed E-state index contributed by atoms with van der Waals surface area (Å²) in [4.78, 5) is 29.4. The highest BCUT2D eigenvalue weighted by molar-refractivity contribution is 5.82. The van der Waals surface area contributed by atoms with Crippen LogP contribution in [-0.4, -0.2) is 27.7 Å². The van der Waals surface area contributed by atoms with Gasteiger partial charge in [0.25, 0.3) is 0 Å². The second kappa shape index (κ2) is 8.47. The lowest BCUT2D eigenvalue weighted by Crippen LogP contribution is -2.38. The minimum Gasteiger partial charge on any atom is -0.335 e. The number of fused-ring (bicyclic) bond motifs is 1. The number of hydrogen-bond acceptors (Lipinski definition) is 2. The van der Waals surface area contributed by atoms with Crippen LogP contribution in [0.2, 0.25) is 0 Å². The third-order valence-electron chi connectivity index (χ3n) is 6.14. The highest BCUT2D eigenvalue weighted by Crippen LogP contribution is 2.35. The maximum atomic E-state index is 13.4. The molecular formula is C26H30N2O2. The van der Waals surface area contributed by atoms with Crippen molar-refractivity contribution in [2.45, 2.75) is 64.6 Å². The first-order valence-corrected chi connectivity index (χ1v) is 10.9. The van der Waals surface area contributed by atoms with E-state index in [2.05, 4.69) is 38.1 Å². The zero-order chi connectivity index (χ0) is 21.3. The fourth-order valence-electron chi connectivity index (χ4n) is 4.21. The molecule has 156 valence electrons. The summed E-state index contributed by atoms with van der Waals surface area (Å²) in [5.41, 5.74) is 4.59. The van der Waals surface area contributed by atoms with Gasteiger partial charge in [0, 0.05) is 25.7 Å². The fraction of sp³-hybridized carbons (Fsp3) is 0.385. The van der Waals surface area contributed by atoms with Gasteiger partial charge in [-0.05, 0) is 47.1 Å². The number of carbonyl (C=O) groups is 2. The van der Waals surface area contributed by atoms with Gasteiger partial charge in [-0.15, -0.1) is 0 Å². The predicted molar refractivity (Wildman–Crippen MR) is 119 cm³/mol. The van der Waals surface area contributed by atoms with Gasteiger partial charge in [0.05, 0.1) is 12.5 Å². The molecule has 4 nitrogen and oxygen atoms in total. The number of benzene rings is 2. The molecule has 30 heavy (non-hydrogen) atoms. The number of hydrogen-bond donors (Lipinski definition) is 0. The van der Waals surface area contributed by atoms with Gasteiger partial charge in [0.1, 0.15) is 0 Å².